The maximum absolute atomic E-state index is 12.9. The van der Waals surface area contributed by atoms with Crippen LogP contribution in [0.5, 0.6) is 11.5 Å². The van der Waals surface area contributed by atoms with Crippen LogP contribution in [0.25, 0.3) is 0 Å². The van der Waals surface area contributed by atoms with E-state index in [9.17, 15) is 4.79 Å². The van der Waals surface area contributed by atoms with E-state index in [1.807, 2.05) is 0 Å². The van der Waals surface area contributed by atoms with Gasteiger partial charge in [0, 0.05) is 6.54 Å². The summed E-state index contributed by atoms with van der Waals surface area (Å²) in [5.41, 5.74) is 2.13. The van der Waals surface area contributed by atoms with Crippen LogP contribution >= 0.6 is 0 Å². The molecule has 3 unspecified atom stereocenters. The van der Waals surface area contributed by atoms with E-state index in [0.29, 0.717) is 6.42 Å². The van der Waals surface area contributed by atoms with E-state index in [0.717, 1.165) is 49.6 Å². The van der Waals surface area contributed by atoms with Crippen LogP contribution in [0.15, 0.2) is 24.0 Å². The van der Waals surface area contributed by atoms with Gasteiger partial charge in [-0.1, -0.05) is 20.8 Å². The molecule has 1 aromatic carbocycles. The molecule has 0 aromatic heterocycles. The van der Waals surface area contributed by atoms with Gasteiger partial charge in [0.15, 0.2) is 17.6 Å². The number of rotatable bonds is 3. The number of hydrogen-bond acceptors (Lipinski definition) is 6. The molecule has 6 nitrogen and oxygen atoms in total. The highest BCUT2D eigenvalue weighted by molar-refractivity contribution is 5.71. The van der Waals surface area contributed by atoms with Crippen molar-refractivity contribution in [2.45, 2.75) is 64.0 Å². The van der Waals surface area contributed by atoms with Crippen molar-refractivity contribution < 1.29 is 23.7 Å². The van der Waals surface area contributed by atoms with Crippen LogP contribution in [0.4, 0.5) is 0 Å². The summed E-state index contributed by atoms with van der Waals surface area (Å²) in [5, 5.41) is 0. The Bertz CT molecular complexity index is 902. The van der Waals surface area contributed by atoms with Gasteiger partial charge in [-0.2, -0.15) is 0 Å². The van der Waals surface area contributed by atoms with Crippen LogP contribution in [0.2, 0.25) is 0 Å². The maximum atomic E-state index is 12.9. The summed E-state index contributed by atoms with van der Waals surface area (Å²) in [6, 6.07) is 4.23. The quantitative estimate of drug-likeness (QED) is 0.703. The summed E-state index contributed by atoms with van der Waals surface area (Å²) in [7, 11) is 1.68. The van der Waals surface area contributed by atoms with E-state index in [-0.39, 0.29) is 29.6 Å². The van der Waals surface area contributed by atoms with Crippen LogP contribution in [-0.2, 0) is 20.7 Å². The summed E-state index contributed by atoms with van der Waals surface area (Å²) in [4.78, 5) is 15.4. The van der Waals surface area contributed by atoms with Gasteiger partial charge >= 0.3 is 5.97 Å². The average molecular weight is 414 g/mol. The molecule has 0 radical (unpaired) electrons. The Labute approximate surface area is 178 Å². The zero-order valence-electron chi connectivity index (χ0n) is 18.3. The van der Waals surface area contributed by atoms with Gasteiger partial charge < -0.3 is 18.9 Å². The minimum Gasteiger partial charge on any atom is -0.497 e. The Morgan fingerprint density at radius 2 is 2.00 bits per heavy atom. The number of ether oxygens (including phenoxy) is 4. The molecule has 6 heteroatoms. The number of methoxy groups -OCH3 is 1. The second-order valence-corrected chi connectivity index (χ2v) is 10.1. The van der Waals surface area contributed by atoms with Gasteiger partial charge in [-0.15, -0.1) is 0 Å². The van der Waals surface area contributed by atoms with Gasteiger partial charge in [0.05, 0.1) is 25.0 Å². The Kier molecular flexibility index (Phi) is 4.54. The lowest BCUT2D eigenvalue weighted by Crippen LogP contribution is -2.47. The molecular weight excluding hydrogens is 382 g/mol. The standard InChI is InChI=1S/C24H31NO5/c1-23(2,3)13-20(26)30-22-19(27-4)12-24-7-5-8-25(24)9-6-15-10-17-18(29-14-28-17)11-16(15)21(22)24/h10-12,21-22H,5-9,13-14H2,1-4H3. The molecule has 3 atom stereocenters. The SMILES string of the molecule is COC1=CC23CCCN2CCc2cc4c(cc2C3C1OC(=O)CC(C)(C)C)OCO4. The van der Waals surface area contributed by atoms with Gasteiger partial charge in [-0.3, -0.25) is 9.69 Å². The first-order valence-corrected chi connectivity index (χ1v) is 10.9. The molecular formula is C24H31NO5. The third-order valence-electron chi connectivity index (χ3n) is 6.90. The molecule has 3 aliphatic heterocycles. The first-order chi connectivity index (χ1) is 14.3. The van der Waals surface area contributed by atoms with Crippen molar-refractivity contribution in [2.24, 2.45) is 5.41 Å². The second kappa shape index (κ2) is 6.91. The van der Waals surface area contributed by atoms with E-state index >= 15 is 0 Å². The summed E-state index contributed by atoms with van der Waals surface area (Å²) in [5.74, 6) is 2.17. The van der Waals surface area contributed by atoms with Crippen LogP contribution in [0.1, 0.15) is 57.1 Å². The van der Waals surface area contributed by atoms with Crippen molar-refractivity contribution >= 4 is 5.97 Å². The van der Waals surface area contributed by atoms with Crippen molar-refractivity contribution in [3.05, 3.63) is 35.1 Å². The molecule has 0 amide bonds. The van der Waals surface area contributed by atoms with Crippen molar-refractivity contribution in [3.8, 4) is 11.5 Å². The molecule has 162 valence electrons. The molecule has 1 spiro atoms. The lowest BCUT2D eigenvalue weighted by atomic mass is 9.77. The van der Waals surface area contributed by atoms with E-state index < -0.39 is 6.10 Å². The largest absolute Gasteiger partial charge is 0.497 e. The fourth-order valence-corrected chi connectivity index (χ4v) is 5.71. The fraction of sp³-hybridized carbons (Fsp3) is 0.625. The molecule has 30 heavy (non-hydrogen) atoms. The molecule has 0 saturated carbocycles. The molecule has 1 fully saturated rings. The maximum Gasteiger partial charge on any atom is 0.307 e. The van der Waals surface area contributed by atoms with E-state index in [1.54, 1.807) is 7.11 Å². The van der Waals surface area contributed by atoms with Gasteiger partial charge in [0.25, 0.3) is 0 Å². The number of carbonyl (C=O) groups is 1. The van der Waals surface area contributed by atoms with E-state index in [1.165, 1.54) is 11.1 Å². The zero-order chi connectivity index (χ0) is 21.1. The monoisotopic (exact) mass is 413 g/mol. The highest BCUT2D eigenvalue weighted by Crippen LogP contribution is 2.55. The Balaban J connectivity index is 1.59. The van der Waals surface area contributed by atoms with Crippen LogP contribution in [0.3, 0.4) is 0 Å². The molecule has 0 bridgehead atoms. The van der Waals surface area contributed by atoms with Crippen molar-refractivity contribution in [1.29, 1.82) is 0 Å². The molecule has 3 heterocycles. The molecule has 1 aromatic rings. The number of hydrogen-bond donors (Lipinski definition) is 0. The van der Waals surface area contributed by atoms with Crippen LogP contribution < -0.4 is 9.47 Å². The van der Waals surface area contributed by atoms with Crippen molar-refractivity contribution in [1.82, 2.24) is 4.90 Å². The van der Waals surface area contributed by atoms with Crippen molar-refractivity contribution in [2.75, 3.05) is 27.0 Å². The van der Waals surface area contributed by atoms with Gasteiger partial charge in [-0.05, 0) is 60.6 Å². The smallest absolute Gasteiger partial charge is 0.307 e. The van der Waals surface area contributed by atoms with Crippen LogP contribution in [0, 0.1) is 5.41 Å². The molecule has 4 aliphatic rings. The summed E-state index contributed by atoms with van der Waals surface area (Å²) < 4.78 is 23.3. The van der Waals surface area contributed by atoms with E-state index in [2.05, 4.69) is 43.9 Å². The number of benzene rings is 1. The summed E-state index contributed by atoms with van der Waals surface area (Å²) in [6.07, 6.45) is 5.29. The van der Waals surface area contributed by atoms with Gasteiger partial charge in [0.1, 0.15) is 5.76 Å². The lowest BCUT2D eigenvalue weighted by Gasteiger charge is -2.39. The number of esters is 1. The summed E-state index contributed by atoms with van der Waals surface area (Å²) >= 11 is 0. The minimum absolute atomic E-state index is 0.00846. The van der Waals surface area contributed by atoms with Gasteiger partial charge in [-0.25, -0.2) is 0 Å². The highest BCUT2D eigenvalue weighted by atomic mass is 16.7. The highest BCUT2D eigenvalue weighted by Gasteiger charge is 2.58. The van der Waals surface area contributed by atoms with Crippen molar-refractivity contribution in [3.63, 3.8) is 0 Å². The number of fused-ring (bicyclic) bond motifs is 3. The second-order valence-electron chi connectivity index (χ2n) is 10.1. The normalized spacial score (nSPS) is 29.5. The molecule has 0 N–H and O–H groups in total. The topological polar surface area (TPSA) is 57.2 Å². The first kappa shape index (κ1) is 19.7. The third kappa shape index (κ3) is 3.08. The summed E-state index contributed by atoms with van der Waals surface area (Å²) in [6.45, 7) is 8.44. The predicted molar refractivity (Wildman–Crippen MR) is 112 cm³/mol. The fourth-order valence-electron chi connectivity index (χ4n) is 5.71. The lowest BCUT2D eigenvalue weighted by molar-refractivity contribution is -0.152. The number of nitrogens with zero attached hydrogens (tertiary/aromatic N) is 1. The number of carbonyl (C=O) groups excluding carboxylic acids is 1. The Morgan fingerprint density at radius 1 is 1.23 bits per heavy atom. The minimum atomic E-state index is -0.428. The molecule has 1 aliphatic carbocycles. The molecule has 1 saturated heterocycles. The Hall–Kier alpha value is -2.21. The Morgan fingerprint density at radius 3 is 2.73 bits per heavy atom. The average Bonchev–Trinajstić information content (AvgIpc) is 3.34. The third-order valence-corrected chi connectivity index (χ3v) is 6.90. The zero-order valence-corrected chi connectivity index (χ0v) is 18.3. The van der Waals surface area contributed by atoms with Crippen LogP contribution in [-0.4, -0.2) is 49.5 Å². The van der Waals surface area contributed by atoms with Gasteiger partial charge in [0.2, 0.25) is 6.79 Å². The first-order valence-electron chi connectivity index (χ1n) is 10.9. The molecule has 5 rings (SSSR count). The predicted octanol–water partition coefficient (Wildman–Crippen LogP) is 3.78. The van der Waals surface area contributed by atoms with E-state index in [4.69, 9.17) is 18.9 Å².